The van der Waals surface area contributed by atoms with Crippen molar-refractivity contribution in [3.05, 3.63) is 71.8 Å². The highest BCUT2D eigenvalue weighted by atomic mass is 32.2. The number of hydrogen-bond donors (Lipinski definition) is 2. The average molecular weight is 355 g/mol. The van der Waals surface area contributed by atoms with E-state index in [-0.39, 0.29) is 5.91 Å². The first-order valence-electron chi connectivity index (χ1n) is 9.00. The Morgan fingerprint density at radius 1 is 1.08 bits per heavy atom. The zero-order chi connectivity index (χ0) is 17.3. The Hall–Kier alpha value is -1.78. The van der Waals surface area contributed by atoms with E-state index in [1.165, 1.54) is 11.1 Å². The van der Waals surface area contributed by atoms with Gasteiger partial charge in [-0.05, 0) is 17.5 Å². The number of carbonyl (C=O) groups is 1. The number of amides is 1. The van der Waals surface area contributed by atoms with Gasteiger partial charge in [-0.15, -0.1) is 0 Å². The number of benzene rings is 2. The van der Waals surface area contributed by atoms with E-state index < -0.39 is 0 Å². The molecule has 132 valence electrons. The molecule has 1 unspecified atom stereocenters. The monoisotopic (exact) mass is 354 g/mol. The van der Waals surface area contributed by atoms with Crippen LogP contribution in [0.4, 0.5) is 0 Å². The molecule has 0 spiro atoms. The highest BCUT2D eigenvalue weighted by Crippen LogP contribution is 2.27. The molecule has 3 nitrogen and oxygen atoms in total. The summed E-state index contributed by atoms with van der Waals surface area (Å²) in [6.45, 7) is 1.71. The van der Waals surface area contributed by atoms with Crippen molar-refractivity contribution in [3.8, 4) is 0 Å². The highest BCUT2D eigenvalue weighted by Gasteiger charge is 2.17. The molecule has 1 aliphatic heterocycles. The predicted octanol–water partition coefficient (Wildman–Crippen LogP) is 3.42. The third-order valence-corrected chi connectivity index (χ3v) is 5.72. The summed E-state index contributed by atoms with van der Waals surface area (Å²) in [6, 6.07) is 21.4. The van der Waals surface area contributed by atoms with Crippen LogP contribution in [0.5, 0.6) is 0 Å². The van der Waals surface area contributed by atoms with Gasteiger partial charge in [0.1, 0.15) is 0 Å². The summed E-state index contributed by atoms with van der Waals surface area (Å²) in [5.74, 6) is 2.64. The molecule has 2 aromatic carbocycles. The first-order valence-corrected chi connectivity index (χ1v) is 10.2. The number of hydrogen-bond acceptors (Lipinski definition) is 3. The van der Waals surface area contributed by atoms with Crippen molar-refractivity contribution in [2.45, 2.75) is 24.8 Å². The summed E-state index contributed by atoms with van der Waals surface area (Å²) in [4.78, 5) is 12.2. The minimum Gasteiger partial charge on any atom is -0.356 e. The number of carbonyl (C=O) groups excluding carboxylic acids is 1. The second kappa shape index (κ2) is 9.64. The molecule has 4 heteroatoms. The summed E-state index contributed by atoms with van der Waals surface area (Å²) in [7, 11) is 0. The predicted molar refractivity (Wildman–Crippen MR) is 106 cm³/mol. The first kappa shape index (κ1) is 18.0. The van der Waals surface area contributed by atoms with E-state index in [1.807, 2.05) is 23.9 Å². The third-order valence-electron chi connectivity index (χ3n) is 4.59. The van der Waals surface area contributed by atoms with Gasteiger partial charge >= 0.3 is 0 Å². The average Bonchev–Trinajstić information content (AvgIpc) is 2.67. The van der Waals surface area contributed by atoms with Crippen LogP contribution in [-0.4, -0.2) is 36.5 Å². The largest absolute Gasteiger partial charge is 0.356 e. The van der Waals surface area contributed by atoms with Crippen LogP contribution in [0, 0.1) is 0 Å². The number of rotatable bonds is 7. The van der Waals surface area contributed by atoms with Crippen LogP contribution in [0.3, 0.4) is 0 Å². The lowest BCUT2D eigenvalue weighted by molar-refractivity contribution is -0.121. The topological polar surface area (TPSA) is 41.1 Å². The third kappa shape index (κ3) is 5.62. The quantitative estimate of drug-likeness (QED) is 0.800. The summed E-state index contributed by atoms with van der Waals surface area (Å²) >= 11 is 1.93. The van der Waals surface area contributed by atoms with Crippen molar-refractivity contribution >= 4 is 17.7 Å². The van der Waals surface area contributed by atoms with E-state index >= 15 is 0 Å². The normalized spacial score (nSPS) is 17.4. The molecule has 0 radical (unpaired) electrons. The van der Waals surface area contributed by atoms with Gasteiger partial charge in [0, 0.05) is 43.0 Å². The van der Waals surface area contributed by atoms with Gasteiger partial charge in [-0.1, -0.05) is 60.7 Å². The van der Waals surface area contributed by atoms with Crippen LogP contribution in [-0.2, 0) is 4.79 Å². The number of thioether (sulfide) groups is 1. The lowest BCUT2D eigenvalue weighted by atomic mass is 9.88. The molecule has 1 heterocycles. The molecule has 3 rings (SSSR count). The fourth-order valence-corrected chi connectivity index (χ4v) is 4.25. The first-order chi connectivity index (χ1) is 12.3. The minimum atomic E-state index is 0.153. The number of nitrogens with one attached hydrogen (secondary N) is 2. The minimum absolute atomic E-state index is 0.153. The van der Waals surface area contributed by atoms with Crippen molar-refractivity contribution in [2.24, 2.45) is 0 Å². The molecule has 0 aromatic heterocycles. The Bertz CT molecular complexity index is 602. The van der Waals surface area contributed by atoms with E-state index in [0.29, 0.717) is 24.9 Å². The highest BCUT2D eigenvalue weighted by molar-refractivity contribution is 7.99. The fraction of sp³-hybridized carbons (Fsp3) is 0.381. The standard InChI is InChI=1S/C21H26N2OS/c24-21(15-19-16-25-14-13-22-19)23-12-11-20(17-7-3-1-4-8-17)18-9-5-2-6-10-18/h1-10,19-20,22H,11-16H2,(H,23,24). The second-order valence-corrected chi connectivity index (χ2v) is 7.59. The van der Waals surface area contributed by atoms with Gasteiger partial charge < -0.3 is 10.6 Å². The molecule has 1 atom stereocenters. The van der Waals surface area contributed by atoms with Gasteiger partial charge in [-0.3, -0.25) is 4.79 Å². The van der Waals surface area contributed by atoms with Gasteiger partial charge in [0.05, 0.1) is 0 Å². The van der Waals surface area contributed by atoms with E-state index in [2.05, 4.69) is 59.2 Å². The van der Waals surface area contributed by atoms with Crippen molar-refractivity contribution in [1.29, 1.82) is 0 Å². The van der Waals surface area contributed by atoms with Crippen molar-refractivity contribution < 1.29 is 4.79 Å². The molecule has 0 aliphatic carbocycles. The van der Waals surface area contributed by atoms with Gasteiger partial charge in [0.2, 0.25) is 5.91 Å². The van der Waals surface area contributed by atoms with Gasteiger partial charge in [0.15, 0.2) is 0 Å². The van der Waals surface area contributed by atoms with E-state index in [0.717, 1.165) is 24.5 Å². The summed E-state index contributed by atoms with van der Waals surface area (Å²) < 4.78 is 0. The summed E-state index contributed by atoms with van der Waals surface area (Å²) in [5, 5.41) is 6.53. The molecule has 1 fully saturated rings. The van der Waals surface area contributed by atoms with Crippen molar-refractivity contribution in [2.75, 3.05) is 24.6 Å². The van der Waals surface area contributed by atoms with Crippen LogP contribution in [0.2, 0.25) is 0 Å². The maximum atomic E-state index is 12.2. The molecule has 1 saturated heterocycles. The molecule has 1 amide bonds. The summed E-state index contributed by atoms with van der Waals surface area (Å²) in [5.41, 5.74) is 2.60. The maximum absolute atomic E-state index is 12.2. The molecule has 25 heavy (non-hydrogen) atoms. The zero-order valence-electron chi connectivity index (χ0n) is 14.5. The Morgan fingerprint density at radius 2 is 1.72 bits per heavy atom. The Morgan fingerprint density at radius 3 is 2.28 bits per heavy atom. The van der Waals surface area contributed by atoms with Gasteiger partial charge in [0.25, 0.3) is 0 Å². The van der Waals surface area contributed by atoms with Crippen LogP contribution in [0.25, 0.3) is 0 Å². The molecule has 0 saturated carbocycles. The van der Waals surface area contributed by atoms with Crippen molar-refractivity contribution in [3.63, 3.8) is 0 Å². The Kier molecular flexibility index (Phi) is 6.95. The van der Waals surface area contributed by atoms with Gasteiger partial charge in [-0.25, -0.2) is 0 Å². The molecule has 2 aromatic rings. The molecular formula is C21H26N2OS. The molecule has 2 N–H and O–H groups in total. The smallest absolute Gasteiger partial charge is 0.221 e. The maximum Gasteiger partial charge on any atom is 0.221 e. The van der Waals surface area contributed by atoms with E-state index in [9.17, 15) is 4.79 Å². The van der Waals surface area contributed by atoms with E-state index in [4.69, 9.17) is 0 Å². The van der Waals surface area contributed by atoms with Crippen LogP contribution in [0.1, 0.15) is 29.9 Å². The fourth-order valence-electron chi connectivity index (χ4n) is 3.30. The Balaban J connectivity index is 1.55. The molecule has 1 aliphatic rings. The lowest BCUT2D eigenvalue weighted by Gasteiger charge is -2.23. The van der Waals surface area contributed by atoms with Gasteiger partial charge in [-0.2, -0.15) is 11.8 Å². The lowest BCUT2D eigenvalue weighted by Crippen LogP contribution is -2.41. The second-order valence-electron chi connectivity index (χ2n) is 6.44. The molecule has 0 bridgehead atoms. The summed E-state index contributed by atoms with van der Waals surface area (Å²) in [6.07, 6.45) is 1.49. The van der Waals surface area contributed by atoms with Crippen molar-refractivity contribution in [1.82, 2.24) is 10.6 Å². The zero-order valence-corrected chi connectivity index (χ0v) is 15.3. The van der Waals surface area contributed by atoms with Crippen LogP contribution in [0.15, 0.2) is 60.7 Å². The van der Waals surface area contributed by atoms with Crippen LogP contribution >= 0.6 is 11.8 Å². The molecular weight excluding hydrogens is 328 g/mol. The SMILES string of the molecule is O=C(CC1CSCCN1)NCCC(c1ccccc1)c1ccccc1. The van der Waals surface area contributed by atoms with Crippen LogP contribution < -0.4 is 10.6 Å². The van der Waals surface area contributed by atoms with E-state index in [1.54, 1.807) is 0 Å². The Labute approximate surface area is 154 Å².